The number of β-amino-alcohol motifs (C(OH)–C–C–N with tert-alkyl or cyclic N) is 1. The van der Waals surface area contributed by atoms with Gasteiger partial charge in [0.1, 0.15) is 5.60 Å². The van der Waals surface area contributed by atoms with Crippen molar-refractivity contribution in [2.24, 2.45) is 0 Å². The number of carbonyl (C=O) groups is 1. The molecule has 5 heteroatoms. The van der Waals surface area contributed by atoms with E-state index in [4.69, 9.17) is 9.47 Å². The van der Waals surface area contributed by atoms with Gasteiger partial charge in [-0.25, -0.2) is 4.79 Å². The molecule has 0 saturated carbocycles. The zero-order valence-corrected chi connectivity index (χ0v) is 9.74. The molecule has 0 aromatic carbocycles. The molecule has 0 spiro atoms. The smallest absolute Gasteiger partial charge is 0.410 e. The monoisotopic (exact) mass is 217 g/mol. The molecule has 1 aliphatic rings. The van der Waals surface area contributed by atoms with E-state index in [1.807, 2.05) is 20.8 Å². The quantitative estimate of drug-likeness (QED) is 0.665. The van der Waals surface area contributed by atoms with Gasteiger partial charge in [-0.15, -0.1) is 0 Å². The van der Waals surface area contributed by atoms with Crippen LogP contribution in [0.4, 0.5) is 4.79 Å². The van der Waals surface area contributed by atoms with Gasteiger partial charge in [-0.2, -0.15) is 0 Å². The maximum atomic E-state index is 11.6. The topological polar surface area (TPSA) is 59.0 Å². The summed E-state index contributed by atoms with van der Waals surface area (Å²) in [5, 5.41) is 9.75. The van der Waals surface area contributed by atoms with Crippen molar-refractivity contribution in [1.29, 1.82) is 0 Å². The van der Waals surface area contributed by atoms with Gasteiger partial charge < -0.3 is 19.5 Å². The summed E-state index contributed by atoms with van der Waals surface area (Å²) in [6, 6.07) is 0. The van der Waals surface area contributed by atoms with E-state index in [1.165, 1.54) is 12.0 Å². The molecule has 0 bridgehead atoms. The average molecular weight is 217 g/mol. The van der Waals surface area contributed by atoms with Gasteiger partial charge in [-0.1, -0.05) is 0 Å². The lowest BCUT2D eigenvalue weighted by Gasteiger charge is -2.25. The number of hydrogen-bond donors (Lipinski definition) is 1. The van der Waals surface area contributed by atoms with Crippen molar-refractivity contribution < 1.29 is 19.4 Å². The Bertz CT molecular complexity index is 248. The zero-order chi connectivity index (χ0) is 11.7. The molecule has 88 valence electrons. The summed E-state index contributed by atoms with van der Waals surface area (Å²) in [4.78, 5) is 13.1. The van der Waals surface area contributed by atoms with Crippen LogP contribution in [-0.4, -0.2) is 47.7 Å². The molecule has 1 heterocycles. The number of rotatable bonds is 1. The van der Waals surface area contributed by atoms with Crippen LogP contribution in [0, 0.1) is 0 Å². The first kappa shape index (κ1) is 12.3. The number of hydrogen-bond acceptors (Lipinski definition) is 4. The van der Waals surface area contributed by atoms with Crippen LogP contribution in [0.25, 0.3) is 0 Å². The largest absolute Gasteiger partial charge is 0.444 e. The Kier molecular flexibility index (Phi) is 3.25. The van der Waals surface area contributed by atoms with E-state index >= 15 is 0 Å². The minimum atomic E-state index is -1.21. The Morgan fingerprint density at radius 3 is 2.47 bits per heavy atom. The normalized spacial score (nSPS) is 26.9. The zero-order valence-electron chi connectivity index (χ0n) is 9.74. The Morgan fingerprint density at radius 2 is 2.07 bits per heavy atom. The van der Waals surface area contributed by atoms with E-state index in [0.717, 1.165) is 0 Å². The van der Waals surface area contributed by atoms with E-state index < -0.39 is 17.5 Å². The number of ether oxygens (including phenoxy) is 2. The molecule has 1 atom stereocenters. The van der Waals surface area contributed by atoms with Crippen LogP contribution in [0.15, 0.2) is 0 Å². The number of likely N-dealkylation sites (tertiary alicyclic amines) is 1. The molecule has 1 amide bonds. The van der Waals surface area contributed by atoms with Crippen LogP contribution in [0.2, 0.25) is 0 Å². The molecule has 15 heavy (non-hydrogen) atoms. The molecule has 0 aliphatic carbocycles. The van der Waals surface area contributed by atoms with E-state index in [9.17, 15) is 9.90 Å². The molecule has 0 radical (unpaired) electrons. The third-order valence-corrected chi connectivity index (χ3v) is 2.24. The van der Waals surface area contributed by atoms with Gasteiger partial charge in [0.15, 0.2) is 5.79 Å². The average Bonchev–Trinajstić information content (AvgIpc) is 2.46. The van der Waals surface area contributed by atoms with Crippen LogP contribution in [0.5, 0.6) is 0 Å². The second kappa shape index (κ2) is 3.98. The number of aliphatic hydroxyl groups is 1. The number of carbonyl (C=O) groups excluding carboxylic acids is 1. The first-order valence-corrected chi connectivity index (χ1v) is 5.01. The Balaban J connectivity index is 2.51. The lowest BCUT2D eigenvalue weighted by atomic mass is 10.2. The van der Waals surface area contributed by atoms with Gasteiger partial charge in [0.25, 0.3) is 0 Å². The number of methoxy groups -OCH3 is 1. The molecule has 1 aliphatic heterocycles. The van der Waals surface area contributed by atoms with E-state index in [-0.39, 0.29) is 6.54 Å². The SMILES string of the molecule is COC1(O)CCN(C(=O)OC(C)(C)C)C1. The summed E-state index contributed by atoms with van der Waals surface area (Å²) < 4.78 is 10.1. The van der Waals surface area contributed by atoms with Gasteiger partial charge in [0.2, 0.25) is 0 Å². The highest BCUT2D eigenvalue weighted by atomic mass is 16.6. The molecule has 1 saturated heterocycles. The third kappa shape index (κ3) is 3.35. The van der Waals surface area contributed by atoms with Gasteiger partial charge in [-0.3, -0.25) is 0 Å². The van der Waals surface area contributed by atoms with Gasteiger partial charge in [0.05, 0.1) is 6.54 Å². The van der Waals surface area contributed by atoms with Crippen LogP contribution < -0.4 is 0 Å². The fourth-order valence-corrected chi connectivity index (χ4v) is 1.41. The van der Waals surface area contributed by atoms with Crippen LogP contribution in [-0.2, 0) is 9.47 Å². The Hall–Kier alpha value is -0.810. The number of nitrogens with zero attached hydrogens (tertiary/aromatic N) is 1. The van der Waals surface area contributed by atoms with Crippen LogP contribution >= 0.6 is 0 Å². The van der Waals surface area contributed by atoms with Crippen LogP contribution in [0.3, 0.4) is 0 Å². The summed E-state index contributed by atoms with van der Waals surface area (Å²) in [5.41, 5.74) is -0.509. The van der Waals surface area contributed by atoms with Crippen molar-refractivity contribution in [1.82, 2.24) is 4.90 Å². The van der Waals surface area contributed by atoms with Crippen molar-refractivity contribution in [3.05, 3.63) is 0 Å². The maximum Gasteiger partial charge on any atom is 0.410 e. The first-order chi connectivity index (χ1) is 6.76. The predicted molar refractivity (Wildman–Crippen MR) is 54.4 cm³/mol. The highest BCUT2D eigenvalue weighted by Crippen LogP contribution is 2.23. The maximum absolute atomic E-state index is 11.6. The molecule has 1 rings (SSSR count). The van der Waals surface area contributed by atoms with Crippen LogP contribution in [0.1, 0.15) is 27.2 Å². The fraction of sp³-hybridized carbons (Fsp3) is 0.900. The lowest BCUT2D eigenvalue weighted by Crippen LogP contribution is -2.39. The Labute approximate surface area is 90.0 Å². The van der Waals surface area contributed by atoms with Crippen molar-refractivity contribution >= 4 is 6.09 Å². The molecule has 1 fully saturated rings. The van der Waals surface area contributed by atoms with Gasteiger partial charge in [0, 0.05) is 20.1 Å². The van der Waals surface area contributed by atoms with Crippen molar-refractivity contribution in [2.45, 2.75) is 38.6 Å². The highest BCUT2D eigenvalue weighted by molar-refractivity contribution is 5.68. The summed E-state index contributed by atoms with van der Waals surface area (Å²) in [5.74, 6) is -1.21. The summed E-state index contributed by atoms with van der Waals surface area (Å²) in [6.07, 6.45) is 0.0124. The third-order valence-electron chi connectivity index (χ3n) is 2.24. The van der Waals surface area contributed by atoms with E-state index in [1.54, 1.807) is 0 Å². The molecule has 1 unspecified atom stereocenters. The molecular formula is C10H19NO4. The molecule has 1 N–H and O–H groups in total. The summed E-state index contributed by atoms with van der Waals surface area (Å²) in [6.45, 7) is 6.05. The standard InChI is InChI=1S/C10H19NO4/c1-9(2,3)15-8(12)11-6-5-10(13,7-11)14-4/h13H,5-7H2,1-4H3. The second-order valence-corrected chi connectivity index (χ2v) is 4.80. The second-order valence-electron chi connectivity index (χ2n) is 4.80. The van der Waals surface area contributed by atoms with Crippen molar-refractivity contribution in [2.75, 3.05) is 20.2 Å². The molecule has 0 aromatic heterocycles. The highest BCUT2D eigenvalue weighted by Gasteiger charge is 2.39. The molecule has 5 nitrogen and oxygen atoms in total. The van der Waals surface area contributed by atoms with Crippen molar-refractivity contribution in [3.8, 4) is 0 Å². The van der Waals surface area contributed by atoms with Gasteiger partial charge in [-0.05, 0) is 20.8 Å². The van der Waals surface area contributed by atoms with Crippen molar-refractivity contribution in [3.63, 3.8) is 0 Å². The summed E-state index contributed by atoms with van der Waals surface area (Å²) >= 11 is 0. The van der Waals surface area contributed by atoms with E-state index in [0.29, 0.717) is 13.0 Å². The number of amides is 1. The first-order valence-electron chi connectivity index (χ1n) is 5.01. The summed E-state index contributed by atoms with van der Waals surface area (Å²) in [7, 11) is 1.43. The van der Waals surface area contributed by atoms with Gasteiger partial charge >= 0.3 is 6.09 Å². The minimum absolute atomic E-state index is 0.165. The molecule has 0 aromatic rings. The predicted octanol–water partition coefficient (Wildman–Crippen LogP) is 0.962. The van der Waals surface area contributed by atoms with E-state index in [2.05, 4.69) is 0 Å². The fourth-order valence-electron chi connectivity index (χ4n) is 1.41. The minimum Gasteiger partial charge on any atom is -0.444 e. The lowest BCUT2D eigenvalue weighted by molar-refractivity contribution is -0.172. The molecular weight excluding hydrogens is 198 g/mol. The Morgan fingerprint density at radius 1 is 1.47 bits per heavy atom.